The summed E-state index contributed by atoms with van der Waals surface area (Å²) in [6, 6.07) is 42.9. The molecule has 9 rings (SSSR count). The molecule has 0 spiro atoms. The van der Waals surface area contributed by atoms with Gasteiger partial charge in [0.1, 0.15) is 0 Å². The Balaban J connectivity index is 1.28. The van der Waals surface area contributed by atoms with E-state index in [1.54, 1.807) is 24.3 Å². The maximum absolute atomic E-state index is 14.2. The van der Waals surface area contributed by atoms with Crippen LogP contribution < -0.4 is 45.0 Å². The van der Waals surface area contributed by atoms with E-state index in [-0.39, 0.29) is 48.4 Å². The second-order valence-corrected chi connectivity index (χ2v) is 16.4. The summed E-state index contributed by atoms with van der Waals surface area (Å²) in [5, 5.41) is 0. The fraction of sp³-hybridized carbons (Fsp3) is 0.115. The van der Waals surface area contributed by atoms with Crippen LogP contribution in [0, 0.1) is 0 Å². The molecule has 68 heavy (non-hydrogen) atoms. The van der Waals surface area contributed by atoms with Gasteiger partial charge in [-0.2, -0.15) is 0 Å². The molecular weight excluding hydrogens is 865 g/mol. The summed E-state index contributed by atoms with van der Waals surface area (Å²) in [5.74, 6) is -2.55. The summed E-state index contributed by atoms with van der Waals surface area (Å²) >= 11 is 0. The van der Waals surface area contributed by atoms with Crippen LogP contribution in [-0.2, 0) is 26.2 Å². The van der Waals surface area contributed by atoms with Crippen molar-refractivity contribution in [3.63, 3.8) is 0 Å². The molecule has 338 valence electrons. The van der Waals surface area contributed by atoms with Gasteiger partial charge >= 0.3 is 22.8 Å². The predicted molar refractivity (Wildman–Crippen MR) is 256 cm³/mol. The van der Waals surface area contributed by atoms with Crippen molar-refractivity contribution >= 4 is 0 Å². The third kappa shape index (κ3) is 9.46. The van der Waals surface area contributed by atoms with Gasteiger partial charge in [-0.25, -0.2) is 19.2 Å². The van der Waals surface area contributed by atoms with E-state index < -0.39 is 56.8 Å². The Labute approximate surface area is 384 Å². The van der Waals surface area contributed by atoms with Crippen molar-refractivity contribution in [3.8, 4) is 0 Å². The molecule has 0 saturated carbocycles. The van der Waals surface area contributed by atoms with Crippen molar-refractivity contribution in [2.75, 3.05) is 0 Å². The Morgan fingerprint density at radius 2 is 0.544 bits per heavy atom. The van der Waals surface area contributed by atoms with E-state index in [1.165, 1.54) is 43.1 Å². The van der Waals surface area contributed by atoms with Crippen molar-refractivity contribution in [1.82, 2.24) is 38.2 Å². The molecule has 16 nitrogen and oxygen atoms in total. The van der Waals surface area contributed by atoms with Gasteiger partial charge in [-0.1, -0.05) is 146 Å². The quantitative estimate of drug-likeness (QED) is 0.126. The van der Waals surface area contributed by atoms with Crippen LogP contribution >= 0.6 is 0 Å². The molecule has 4 N–H and O–H groups in total. The second kappa shape index (κ2) is 19.1. The minimum atomic E-state index is -1.27. The highest BCUT2D eigenvalue weighted by atomic mass is 16.2. The van der Waals surface area contributed by atoms with Gasteiger partial charge in [0.15, 0.2) is 0 Å². The van der Waals surface area contributed by atoms with Crippen molar-refractivity contribution in [1.29, 1.82) is 0 Å². The summed E-state index contributed by atoms with van der Waals surface area (Å²) < 4.78 is 5.24. The second-order valence-electron chi connectivity index (χ2n) is 16.4. The van der Waals surface area contributed by atoms with Crippen LogP contribution in [0.4, 0.5) is 0 Å². The number of aromatic amines is 4. The van der Waals surface area contributed by atoms with Gasteiger partial charge in [0.2, 0.25) is 0 Å². The number of hydrogen-bond acceptors (Lipinski definition) is 8. The zero-order valence-electron chi connectivity index (χ0n) is 36.2. The van der Waals surface area contributed by atoms with Gasteiger partial charge in [-0.3, -0.25) is 57.4 Å². The zero-order chi connectivity index (χ0) is 47.3. The molecular formula is C52H42N8O8. The summed E-state index contributed by atoms with van der Waals surface area (Å²) in [6.07, 6.45) is 5.51. The van der Waals surface area contributed by atoms with Gasteiger partial charge in [0.05, 0.1) is 26.2 Å². The highest BCUT2D eigenvalue weighted by Crippen LogP contribution is 2.33. The Hall–Kier alpha value is -9.18. The predicted octanol–water partition coefficient (Wildman–Crippen LogP) is 3.64. The summed E-state index contributed by atoms with van der Waals surface area (Å²) in [4.78, 5) is 120. The first kappa shape index (κ1) is 44.0. The smallest absolute Gasteiger partial charge is 0.296 e. The SMILES string of the molecule is O=c1[nH]c(=O)n(Cc2ccccc2)cc1C(c1cccc(C(c2cn(Cc3ccccc3)c(=O)[nH]c2=O)c2cn(Cc3ccccc3)c(=O)[nH]c2=O)c1)c1cn(Cc2ccccc2)c(=O)[nH]c1=O. The van der Waals surface area contributed by atoms with Crippen LogP contribution in [-0.4, -0.2) is 38.2 Å². The highest BCUT2D eigenvalue weighted by Gasteiger charge is 2.30. The summed E-state index contributed by atoms with van der Waals surface area (Å²) in [6.45, 7) is 0.242. The van der Waals surface area contributed by atoms with Crippen LogP contribution in [0.3, 0.4) is 0 Å². The number of rotatable bonds is 14. The molecule has 0 saturated heterocycles. The van der Waals surface area contributed by atoms with E-state index in [2.05, 4.69) is 19.9 Å². The Morgan fingerprint density at radius 1 is 0.309 bits per heavy atom. The van der Waals surface area contributed by atoms with Gasteiger partial charge in [-0.15, -0.1) is 0 Å². The lowest BCUT2D eigenvalue weighted by Gasteiger charge is -2.23. The lowest BCUT2D eigenvalue weighted by molar-refractivity contribution is 0.680. The summed E-state index contributed by atoms with van der Waals surface area (Å²) in [5.41, 5.74) is -2.57. The van der Waals surface area contributed by atoms with Crippen molar-refractivity contribution < 1.29 is 0 Å². The average Bonchev–Trinajstić information content (AvgIpc) is 3.33. The average molecular weight is 907 g/mol. The monoisotopic (exact) mass is 906 g/mol. The normalized spacial score (nSPS) is 11.3. The van der Waals surface area contributed by atoms with Gasteiger partial charge < -0.3 is 0 Å². The summed E-state index contributed by atoms with van der Waals surface area (Å²) in [7, 11) is 0. The fourth-order valence-corrected chi connectivity index (χ4v) is 8.49. The van der Waals surface area contributed by atoms with Crippen LogP contribution in [0.1, 0.15) is 67.5 Å². The van der Waals surface area contributed by atoms with E-state index in [0.29, 0.717) is 11.1 Å². The number of H-pyrrole nitrogens is 4. The minimum absolute atomic E-state index is 0.0341. The molecule has 0 aliphatic heterocycles. The Bertz CT molecular complexity index is 3310. The molecule has 5 aromatic carbocycles. The number of nitrogens with one attached hydrogen (secondary N) is 4. The molecule has 4 heterocycles. The third-order valence-corrected chi connectivity index (χ3v) is 11.8. The molecule has 16 heteroatoms. The fourth-order valence-electron chi connectivity index (χ4n) is 8.49. The molecule has 0 amide bonds. The van der Waals surface area contributed by atoms with Crippen LogP contribution in [0.5, 0.6) is 0 Å². The highest BCUT2D eigenvalue weighted by molar-refractivity contribution is 5.47. The molecule has 0 unspecified atom stereocenters. The first-order valence-electron chi connectivity index (χ1n) is 21.6. The van der Waals surface area contributed by atoms with Gasteiger partial charge in [0.25, 0.3) is 22.2 Å². The molecule has 0 aliphatic carbocycles. The molecule has 4 aromatic heterocycles. The van der Waals surface area contributed by atoms with Crippen LogP contribution in [0.2, 0.25) is 0 Å². The van der Waals surface area contributed by atoms with Crippen LogP contribution in [0.25, 0.3) is 0 Å². The van der Waals surface area contributed by atoms with Gasteiger partial charge in [-0.05, 0) is 33.4 Å². The lowest BCUT2D eigenvalue weighted by atomic mass is 9.82. The van der Waals surface area contributed by atoms with Gasteiger partial charge in [0, 0.05) is 58.9 Å². The number of benzene rings is 5. The van der Waals surface area contributed by atoms with E-state index in [4.69, 9.17) is 0 Å². The molecule has 9 aromatic rings. The van der Waals surface area contributed by atoms with Crippen molar-refractivity contribution in [2.45, 2.75) is 38.0 Å². The minimum Gasteiger partial charge on any atom is -0.296 e. The lowest BCUT2D eigenvalue weighted by Crippen LogP contribution is -2.37. The zero-order valence-corrected chi connectivity index (χ0v) is 36.2. The maximum atomic E-state index is 14.2. The number of nitrogens with zero attached hydrogens (tertiary/aromatic N) is 4. The molecule has 0 aliphatic rings. The Morgan fingerprint density at radius 3 is 0.779 bits per heavy atom. The molecule has 0 bridgehead atoms. The number of hydrogen-bond donors (Lipinski definition) is 4. The molecule has 0 atom stereocenters. The molecule has 0 fully saturated rings. The van der Waals surface area contributed by atoms with E-state index in [0.717, 1.165) is 22.3 Å². The molecule has 0 radical (unpaired) electrons. The topological polar surface area (TPSA) is 219 Å². The first-order valence-corrected chi connectivity index (χ1v) is 21.6. The van der Waals surface area contributed by atoms with Crippen LogP contribution in [0.15, 0.2) is 209 Å². The maximum Gasteiger partial charge on any atom is 0.328 e. The van der Waals surface area contributed by atoms with E-state index >= 15 is 0 Å². The van der Waals surface area contributed by atoms with Crippen molar-refractivity contribution in [2.24, 2.45) is 0 Å². The third-order valence-electron chi connectivity index (χ3n) is 11.8. The van der Waals surface area contributed by atoms with E-state index in [9.17, 15) is 38.4 Å². The van der Waals surface area contributed by atoms with Crippen molar-refractivity contribution in [3.05, 3.63) is 309 Å². The Kier molecular flexibility index (Phi) is 12.4. The largest absolute Gasteiger partial charge is 0.328 e. The standard InChI is InChI=1S/C52H42N8O8/c61-45-39(29-57(49(65)53-45)25-33-14-5-1-6-15-33)43(40-30-58(50(66)54-46(40)62)26-34-16-7-2-8-17-34)37-22-13-23-38(24-37)44(41-31-59(51(67)55-47(41)63)27-35-18-9-3-10-19-35)42-32-60(52(68)56-48(42)64)28-36-20-11-4-12-21-36/h1-24,29-32,43-44H,25-28H2,(H,53,61,65)(H,54,62,66)(H,55,63,67)(H,56,64,68). The number of aromatic nitrogens is 8. The van der Waals surface area contributed by atoms with E-state index in [1.807, 2.05) is 121 Å². The first-order chi connectivity index (χ1) is 33.0.